The summed E-state index contributed by atoms with van der Waals surface area (Å²) in [6.07, 6.45) is 1.20. The molecule has 12 heavy (non-hydrogen) atoms. The highest BCUT2D eigenvalue weighted by Crippen LogP contribution is 2.33. The first-order chi connectivity index (χ1) is 5.66. The van der Waals surface area contributed by atoms with E-state index in [1.54, 1.807) is 0 Å². The van der Waals surface area contributed by atoms with Crippen molar-refractivity contribution in [2.75, 3.05) is 0 Å². The van der Waals surface area contributed by atoms with Crippen molar-refractivity contribution >= 4 is 20.0 Å². The van der Waals surface area contributed by atoms with Crippen LogP contribution in [0.25, 0.3) is 0 Å². The fourth-order valence-corrected chi connectivity index (χ4v) is 1.78. The SMILES string of the molecule is C=CO[PH](=O)N1C(=O)CCC1=O. The van der Waals surface area contributed by atoms with Gasteiger partial charge in [0, 0.05) is 12.8 Å². The molecule has 0 aromatic heterocycles. The Morgan fingerprint density at radius 2 is 1.92 bits per heavy atom. The minimum absolute atomic E-state index is 0.121. The van der Waals surface area contributed by atoms with Gasteiger partial charge in [0.25, 0.3) is 0 Å². The molecule has 1 aliphatic rings. The monoisotopic (exact) mass is 189 g/mol. The average molecular weight is 189 g/mol. The van der Waals surface area contributed by atoms with E-state index in [-0.39, 0.29) is 12.8 Å². The summed E-state index contributed by atoms with van der Waals surface area (Å²) in [6.45, 7) is 3.18. The van der Waals surface area contributed by atoms with Crippen molar-refractivity contribution in [3.63, 3.8) is 0 Å². The van der Waals surface area contributed by atoms with Crippen molar-refractivity contribution < 1.29 is 18.7 Å². The van der Waals surface area contributed by atoms with E-state index in [4.69, 9.17) is 0 Å². The minimum atomic E-state index is -2.75. The number of hydrogen-bond acceptors (Lipinski definition) is 4. The molecule has 0 aliphatic carbocycles. The Morgan fingerprint density at radius 1 is 1.42 bits per heavy atom. The Bertz CT molecular complexity index is 246. The molecule has 0 radical (unpaired) electrons. The van der Waals surface area contributed by atoms with Crippen molar-refractivity contribution in [1.29, 1.82) is 0 Å². The Hall–Kier alpha value is -1.09. The predicted octanol–water partition coefficient (Wildman–Crippen LogP) is 0.685. The van der Waals surface area contributed by atoms with E-state index in [2.05, 4.69) is 11.1 Å². The quantitative estimate of drug-likeness (QED) is 0.372. The van der Waals surface area contributed by atoms with Crippen molar-refractivity contribution in [2.24, 2.45) is 0 Å². The second kappa shape index (κ2) is 3.54. The lowest BCUT2D eigenvalue weighted by atomic mass is 10.4. The van der Waals surface area contributed by atoms with Gasteiger partial charge in [0.05, 0.1) is 6.26 Å². The Kier molecular flexibility index (Phi) is 2.65. The second-order valence-electron chi connectivity index (χ2n) is 2.17. The van der Waals surface area contributed by atoms with Gasteiger partial charge in [0.15, 0.2) is 0 Å². The highest BCUT2D eigenvalue weighted by molar-refractivity contribution is 7.38. The molecule has 1 saturated heterocycles. The van der Waals surface area contributed by atoms with E-state index in [1.165, 1.54) is 0 Å². The van der Waals surface area contributed by atoms with Gasteiger partial charge in [0.2, 0.25) is 11.8 Å². The number of carbonyl (C=O) groups excluding carboxylic acids is 2. The van der Waals surface area contributed by atoms with Crippen LogP contribution in [0, 0.1) is 0 Å². The largest absolute Gasteiger partial charge is 0.439 e. The van der Waals surface area contributed by atoms with E-state index in [0.29, 0.717) is 4.67 Å². The number of hydrogen-bond donors (Lipinski definition) is 0. The molecule has 6 heteroatoms. The summed E-state index contributed by atoms with van der Waals surface area (Å²) in [5, 5.41) is 0. The molecule has 66 valence electrons. The van der Waals surface area contributed by atoms with Gasteiger partial charge >= 0.3 is 8.18 Å². The Morgan fingerprint density at radius 3 is 2.33 bits per heavy atom. The molecule has 0 aromatic carbocycles. The van der Waals surface area contributed by atoms with Gasteiger partial charge in [-0.2, -0.15) is 0 Å². The van der Waals surface area contributed by atoms with Crippen molar-refractivity contribution in [2.45, 2.75) is 12.8 Å². The van der Waals surface area contributed by atoms with Gasteiger partial charge in [-0.15, -0.1) is 0 Å². The van der Waals surface area contributed by atoms with Crippen LogP contribution in [-0.2, 0) is 18.7 Å². The first-order valence-corrected chi connectivity index (χ1v) is 4.60. The molecule has 1 rings (SSSR count). The molecule has 0 spiro atoms. The van der Waals surface area contributed by atoms with Crippen LogP contribution >= 0.6 is 8.18 Å². The van der Waals surface area contributed by atoms with Crippen LogP contribution in [0.15, 0.2) is 12.8 Å². The molecule has 1 heterocycles. The molecule has 0 aromatic rings. The number of rotatable bonds is 3. The van der Waals surface area contributed by atoms with E-state index in [0.717, 1.165) is 6.26 Å². The van der Waals surface area contributed by atoms with Gasteiger partial charge in [-0.3, -0.25) is 14.2 Å². The third-order valence-electron chi connectivity index (χ3n) is 1.42. The number of amides is 2. The van der Waals surface area contributed by atoms with Gasteiger partial charge in [-0.25, -0.2) is 4.67 Å². The third kappa shape index (κ3) is 1.56. The smallest absolute Gasteiger partial charge is 0.340 e. The maximum Gasteiger partial charge on any atom is 0.340 e. The normalized spacial score (nSPS) is 19.5. The lowest BCUT2D eigenvalue weighted by Crippen LogP contribution is -2.21. The summed E-state index contributed by atoms with van der Waals surface area (Å²) in [6, 6.07) is 0. The van der Waals surface area contributed by atoms with E-state index < -0.39 is 20.0 Å². The predicted molar refractivity (Wildman–Crippen MR) is 41.4 cm³/mol. The topological polar surface area (TPSA) is 63.7 Å². The van der Waals surface area contributed by atoms with Crippen LogP contribution < -0.4 is 0 Å². The lowest BCUT2D eigenvalue weighted by Gasteiger charge is -2.10. The maximum absolute atomic E-state index is 11.0. The molecular formula is C6H8NO4P. The van der Waals surface area contributed by atoms with Crippen LogP contribution in [0.5, 0.6) is 0 Å². The first-order valence-electron chi connectivity index (χ1n) is 3.34. The average Bonchev–Trinajstić information content (AvgIpc) is 2.32. The van der Waals surface area contributed by atoms with E-state index in [1.807, 2.05) is 0 Å². The molecule has 1 aliphatic heterocycles. The summed E-state index contributed by atoms with van der Waals surface area (Å²) in [5.74, 6) is -0.878. The zero-order valence-electron chi connectivity index (χ0n) is 6.28. The van der Waals surface area contributed by atoms with E-state index in [9.17, 15) is 14.2 Å². The van der Waals surface area contributed by atoms with Crippen molar-refractivity contribution in [3.8, 4) is 0 Å². The number of nitrogens with zero attached hydrogens (tertiary/aromatic N) is 1. The van der Waals surface area contributed by atoms with Crippen LogP contribution in [0.3, 0.4) is 0 Å². The molecule has 0 bridgehead atoms. The van der Waals surface area contributed by atoms with Crippen LogP contribution in [0.1, 0.15) is 12.8 Å². The minimum Gasteiger partial charge on any atom is -0.439 e. The zero-order chi connectivity index (χ0) is 9.14. The first kappa shape index (κ1) is 9.00. The van der Waals surface area contributed by atoms with Gasteiger partial charge in [-0.1, -0.05) is 6.58 Å². The van der Waals surface area contributed by atoms with Crippen LogP contribution in [0.4, 0.5) is 0 Å². The summed E-state index contributed by atoms with van der Waals surface area (Å²) in [7, 11) is -2.75. The molecule has 1 fully saturated rings. The molecule has 2 amide bonds. The van der Waals surface area contributed by atoms with E-state index >= 15 is 0 Å². The number of carbonyl (C=O) groups is 2. The lowest BCUT2D eigenvalue weighted by molar-refractivity contribution is -0.132. The summed E-state index contributed by atoms with van der Waals surface area (Å²) < 4.78 is 16.2. The molecule has 1 atom stereocenters. The molecule has 0 saturated carbocycles. The molecule has 0 N–H and O–H groups in total. The molecule has 1 unspecified atom stereocenters. The van der Waals surface area contributed by atoms with Crippen molar-refractivity contribution in [3.05, 3.63) is 12.8 Å². The fraction of sp³-hybridized carbons (Fsp3) is 0.333. The number of imide groups is 1. The third-order valence-corrected chi connectivity index (χ3v) is 2.65. The standard InChI is InChI=1S/C6H8NO4P/c1-2-11-12(10)7-5(8)3-4-6(7)9/h2,12H,1,3-4H2. The second-order valence-corrected chi connectivity index (χ2v) is 3.39. The molecular weight excluding hydrogens is 181 g/mol. The Balaban J connectivity index is 2.72. The van der Waals surface area contributed by atoms with Crippen LogP contribution in [0.2, 0.25) is 0 Å². The maximum atomic E-state index is 11.0. The highest BCUT2D eigenvalue weighted by Gasteiger charge is 2.33. The van der Waals surface area contributed by atoms with Gasteiger partial charge < -0.3 is 4.52 Å². The zero-order valence-corrected chi connectivity index (χ0v) is 7.28. The highest BCUT2D eigenvalue weighted by atomic mass is 31.1. The summed E-state index contributed by atoms with van der Waals surface area (Å²) >= 11 is 0. The summed E-state index contributed by atoms with van der Waals surface area (Å²) in [4.78, 5) is 21.8. The molecule has 5 nitrogen and oxygen atoms in total. The van der Waals surface area contributed by atoms with Crippen LogP contribution in [-0.4, -0.2) is 16.5 Å². The van der Waals surface area contributed by atoms with Crippen molar-refractivity contribution in [1.82, 2.24) is 4.67 Å². The fourth-order valence-electron chi connectivity index (χ4n) is 0.904. The summed E-state index contributed by atoms with van der Waals surface area (Å²) in [5.41, 5.74) is 0. The van der Waals surface area contributed by atoms with Gasteiger partial charge in [0.1, 0.15) is 0 Å². The Labute approximate surface area is 69.9 Å². The van der Waals surface area contributed by atoms with Gasteiger partial charge in [-0.05, 0) is 0 Å².